The first kappa shape index (κ1) is 21.1. The Morgan fingerprint density at radius 2 is 1.72 bits per heavy atom. The molecule has 0 saturated heterocycles. The fourth-order valence-electron chi connectivity index (χ4n) is 5.20. The molecule has 0 radical (unpaired) electrons. The molecule has 0 aliphatic heterocycles. The summed E-state index contributed by atoms with van der Waals surface area (Å²) in [5.74, 6) is -1.26. The van der Waals surface area contributed by atoms with Gasteiger partial charge in [-0.2, -0.15) is 13.2 Å². The summed E-state index contributed by atoms with van der Waals surface area (Å²) in [6, 6.07) is 3.68. The predicted octanol–water partition coefficient (Wildman–Crippen LogP) is 6.90. The Morgan fingerprint density at radius 3 is 2.31 bits per heavy atom. The number of anilines is 1. The second-order valence-corrected chi connectivity index (χ2v) is 8.73. The van der Waals surface area contributed by atoms with Crippen LogP contribution in [-0.4, -0.2) is 16.1 Å². The van der Waals surface area contributed by atoms with Crippen LogP contribution in [0.5, 0.6) is 0 Å². The van der Waals surface area contributed by atoms with Crippen LogP contribution in [0.1, 0.15) is 56.2 Å². The van der Waals surface area contributed by atoms with E-state index < -0.39 is 23.4 Å². The van der Waals surface area contributed by atoms with Crippen molar-refractivity contribution in [2.24, 2.45) is 11.8 Å². The van der Waals surface area contributed by atoms with Crippen LogP contribution >= 0.6 is 0 Å². The van der Waals surface area contributed by atoms with Crippen LogP contribution in [-0.2, 0) is 0 Å². The van der Waals surface area contributed by atoms with Crippen LogP contribution in [0.25, 0.3) is 11.3 Å². The Labute approximate surface area is 182 Å². The van der Waals surface area contributed by atoms with E-state index in [1.54, 1.807) is 0 Å². The molecule has 0 bridgehead atoms. The summed E-state index contributed by atoms with van der Waals surface area (Å²) in [7, 11) is 0. The molecule has 32 heavy (non-hydrogen) atoms. The highest BCUT2D eigenvalue weighted by Gasteiger charge is 2.48. The minimum absolute atomic E-state index is 0.0141. The van der Waals surface area contributed by atoms with Gasteiger partial charge in [-0.25, -0.2) is 13.8 Å². The van der Waals surface area contributed by atoms with E-state index in [-0.39, 0.29) is 40.9 Å². The summed E-state index contributed by atoms with van der Waals surface area (Å²) < 4.78 is 69.8. The lowest BCUT2D eigenvalue weighted by Gasteiger charge is -2.24. The molecule has 1 aromatic carbocycles. The fourth-order valence-corrected chi connectivity index (χ4v) is 5.20. The maximum absolute atomic E-state index is 14.4. The molecule has 2 atom stereocenters. The maximum atomic E-state index is 14.4. The molecule has 5 rings (SSSR count). The maximum Gasteiger partial charge on any atom is 0.413 e. The third kappa shape index (κ3) is 3.69. The summed E-state index contributed by atoms with van der Waals surface area (Å²) in [6.07, 6.45) is 3.13. The molecule has 2 fully saturated rings. The van der Waals surface area contributed by atoms with E-state index in [4.69, 9.17) is 0 Å². The van der Waals surface area contributed by atoms with Gasteiger partial charge in [0.05, 0.1) is 29.3 Å². The first-order chi connectivity index (χ1) is 15.3. The largest absolute Gasteiger partial charge is 0.413 e. The fraction of sp³-hybridized carbons (Fsp3) is 0.417. The van der Waals surface area contributed by atoms with Crippen molar-refractivity contribution in [2.75, 3.05) is 5.32 Å². The molecule has 2 aromatic rings. The van der Waals surface area contributed by atoms with Crippen molar-refractivity contribution in [1.82, 2.24) is 9.97 Å². The molecule has 3 nitrogen and oxygen atoms in total. The number of allylic oxidation sites excluding steroid dienone is 3. The van der Waals surface area contributed by atoms with Gasteiger partial charge >= 0.3 is 6.18 Å². The molecule has 1 aromatic heterocycles. The van der Waals surface area contributed by atoms with Crippen molar-refractivity contribution in [3.05, 3.63) is 64.6 Å². The monoisotopic (exact) mass is 447 g/mol. The third-order valence-corrected chi connectivity index (χ3v) is 6.87. The van der Waals surface area contributed by atoms with Crippen molar-refractivity contribution in [3.8, 4) is 0 Å². The smallest absolute Gasteiger partial charge is 0.338 e. The highest BCUT2D eigenvalue weighted by molar-refractivity contribution is 5.79. The van der Waals surface area contributed by atoms with E-state index in [1.165, 1.54) is 30.6 Å². The Hall–Kier alpha value is -2.77. The van der Waals surface area contributed by atoms with Crippen LogP contribution < -0.4 is 5.32 Å². The zero-order valence-electron chi connectivity index (χ0n) is 17.3. The minimum atomic E-state index is -4.39. The van der Waals surface area contributed by atoms with Gasteiger partial charge in [-0.3, -0.25) is 4.98 Å². The normalized spacial score (nSPS) is 22.7. The highest BCUT2D eigenvalue weighted by Crippen LogP contribution is 2.54. The number of halogens is 5. The molecule has 1 N–H and O–H groups in total. The van der Waals surface area contributed by atoms with Crippen molar-refractivity contribution in [3.63, 3.8) is 0 Å². The van der Waals surface area contributed by atoms with E-state index in [0.717, 1.165) is 31.3 Å². The highest BCUT2D eigenvalue weighted by atomic mass is 19.4. The van der Waals surface area contributed by atoms with Crippen LogP contribution in [0.4, 0.5) is 27.8 Å². The summed E-state index contributed by atoms with van der Waals surface area (Å²) in [6.45, 7) is 0. The van der Waals surface area contributed by atoms with Gasteiger partial charge in [0.2, 0.25) is 0 Å². The van der Waals surface area contributed by atoms with E-state index in [2.05, 4.69) is 15.3 Å². The number of rotatable bonds is 4. The number of benzene rings is 1. The molecule has 2 unspecified atom stereocenters. The molecule has 0 spiro atoms. The molecular formula is C24H22F5N3. The number of alkyl halides is 3. The summed E-state index contributed by atoms with van der Waals surface area (Å²) in [5, 5.41) is 2.97. The Morgan fingerprint density at radius 1 is 0.969 bits per heavy atom. The molecule has 3 aliphatic rings. The van der Waals surface area contributed by atoms with Gasteiger partial charge in [0.25, 0.3) is 0 Å². The van der Waals surface area contributed by atoms with Crippen LogP contribution in [0.2, 0.25) is 0 Å². The van der Waals surface area contributed by atoms with Crippen LogP contribution in [0, 0.1) is 23.5 Å². The van der Waals surface area contributed by atoms with Gasteiger partial charge in [0.1, 0.15) is 17.5 Å². The second-order valence-electron chi connectivity index (χ2n) is 8.73. The Balaban J connectivity index is 1.47. The number of hydrogen-bond acceptors (Lipinski definition) is 3. The SMILES string of the molecule is Fc1cccc(F)c1C(Nc1cnc(C2=C(C(F)(F)F)CC3CCCC23)cn1)=C1CCC1. The van der Waals surface area contributed by atoms with Gasteiger partial charge in [-0.05, 0) is 73.6 Å². The molecule has 0 amide bonds. The van der Waals surface area contributed by atoms with Gasteiger partial charge in [-0.1, -0.05) is 12.5 Å². The average molecular weight is 447 g/mol. The average Bonchev–Trinajstić information content (AvgIpc) is 3.28. The van der Waals surface area contributed by atoms with Crippen molar-refractivity contribution < 1.29 is 22.0 Å². The Bertz CT molecular complexity index is 1080. The lowest BCUT2D eigenvalue weighted by Crippen LogP contribution is -2.14. The van der Waals surface area contributed by atoms with Gasteiger partial charge in [0, 0.05) is 5.57 Å². The molecule has 1 heterocycles. The second kappa shape index (κ2) is 7.98. The Kier molecular flexibility index (Phi) is 5.26. The van der Waals surface area contributed by atoms with Crippen molar-refractivity contribution in [1.29, 1.82) is 0 Å². The zero-order valence-corrected chi connectivity index (χ0v) is 17.3. The van der Waals surface area contributed by atoms with Gasteiger partial charge in [0.15, 0.2) is 0 Å². The number of fused-ring (bicyclic) bond motifs is 1. The topological polar surface area (TPSA) is 37.8 Å². The molecule has 2 saturated carbocycles. The van der Waals surface area contributed by atoms with Crippen LogP contribution in [0.3, 0.4) is 0 Å². The number of nitrogens with zero attached hydrogens (tertiary/aromatic N) is 2. The van der Waals surface area contributed by atoms with E-state index in [0.29, 0.717) is 18.5 Å². The molecular weight excluding hydrogens is 425 g/mol. The number of nitrogens with one attached hydrogen (secondary N) is 1. The van der Waals surface area contributed by atoms with E-state index >= 15 is 0 Å². The summed E-state index contributed by atoms with van der Waals surface area (Å²) in [5.41, 5.74) is 1.05. The summed E-state index contributed by atoms with van der Waals surface area (Å²) in [4.78, 5) is 8.55. The zero-order chi connectivity index (χ0) is 22.5. The molecule has 3 aliphatic carbocycles. The van der Waals surface area contributed by atoms with E-state index in [1.807, 2.05) is 0 Å². The lowest BCUT2D eigenvalue weighted by molar-refractivity contribution is -0.0933. The van der Waals surface area contributed by atoms with Crippen molar-refractivity contribution in [2.45, 2.75) is 51.1 Å². The van der Waals surface area contributed by atoms with E-state index in [9.17, 15) is 22.0 Å². The summed E-state index contributed by atoms with van der Waals surface area (Å²) >= 11 is 0. The molecule has 168 valence electrons. The molecule has 8 heteroatoms. The van der Waals surface area contributed by atoms with Gasteiger partial charge in [-0.15, -0.1) is 0 Å². The van der Waals surface area contributed by atoms with Crippen molar-refractivity contribution >= 4 is 17.1 Å². The number of aromatic nitrogens is 2. The third-order valence-electron chi connectivity index (χ3n) is 6.87. The standard InChI is InChI=1S/C24H22F5N3/c25-17-8-3-9-18(26)22(17)23(13-4-1-5-13)32-20-12-30-19(11-31-20)21-15-7-2-6-14(15)10-16(21)24(27,28)29/h3,8-9,11-12,14-15H,1-2,4-7,10H2,(H,31,32). The number of hydrogen-bond donors (Lipinski definition) is 1. The predicted molar refractivity (Wildman–Crippen MR) is 111 cm³/mol. The first-order valence-electron chi connectivity index (χ1n) is 10.9. The first-order valence-corrected chi connectivity index (χ1v) is 10.9. The minimum Gasteiger partial charge on any atom is -0.338 e. The lowest BCUT2D eigenvalue weighted by atomic mass is 9.88. The quantitative estimate of drug-likeness (QED) is 0.518. The van der Waals surface area contributed by atoms with Crippen LogP contribution in [0.15, 0.2) is 41.7 Å². The van der Waals surface area contributed by atoms with Gasteiger partial charge < -0.3 is 5.32 Å².